The smallest absolute Gasteiger partial charge is 0.240 e. The van der Waals surface area contributed by atoms with E-state index in [2.05, 4.69) is 9.71 Å². The van der Waals surface area contributed by atoms with Crippen LogP contribution >= 0.6 is 11.6 Å². The topological polar surface area (TPSA) is 68.3 Å². The van der Waals surface area contributed by atoms with Crippen molar-refractivity contribution in [3.05, 3.63) is 52.9 Å². The molecule has 0 radical (unpaired) electrons. The highest BCUT2D eigenvalue weighted by molar-refractivity contribution is 7.89. The van der Waals surface area contributed by atoms with Gasteiger partial charge in [0, 0.05) is 18.3 Å². The average molecular weight is 399 g/mol. The molecule has 3 rings (SSSR count). The number of hydrogen-bond acceptors (Lipinski definition) is 4. The van der Waals surface area contributed by atoms with Crippen molar-refractivity contribution in [3.63, 3.8) is 0 Å². The fourth-order valence-electron chi connectivity index (χ4n) is 2.92. The van der Waals surface area contributed by atoms with Crippen molar-refractivity contribution in [1.29, 1.82) is 0 Å². The molecule has 0 spiro atoms. The zero-order valence-electron chi connectivity index (χ0n) is 14.3. The highest BCUT2D eigenvalue weighted by Gasteiger charge is 2.27. The Hall–Kier alpha value is -1.70. The molecule has 0 amide bonds. The maximum atomic E-state index is 13.2. The van der Waals surface area contributed by atoms with Gasteiger partial charge in [0.25, 0.3) is 0 Å². The third-order valence-corrected chi connectivity index (χ3v) is 6.18. The van der Waals surface area contributed by atoms with Crippen LogP contribution in [0.15, 0.2) is 41.4 Å². The van der Waals surface area contributed by atoms with Gasteiger partial charge in [-0.3, -0.25) is 0 Å². The van der Waals surface area contributed by atoms with E-state index >= 15 is 0 Å². The van der Waals surface area contributed by atoms with Crippen LogP contribution in [0.2, 0.25) is 5.02 Å². The van der Waals surface area contributed by atoms with Crippen LogP contribution in [0.1, 0.15) is 31.2 Å². The number of aryl methyl sites for hydroxylation is 1. The van der Waals surface area contributed by atoms with E-state index in [0.717, 1.165) is 30.5 Å². The molecular weight excluding hydrogens is 379 g/mol. The van der Waals surface area contributed by atoms with E-state index in [4.69, 9.17) is 16.3 Å². The van der Waals surface area contributed by atoms with Gasteiger partial charge in [0.1, 0.15) is 11.9 Å². The lowest BCUT2D eigenvalue weighted by molar-refractivity contribution is 0.138. The molecule has 8 heteroatoms. The fraction of sp³-hybridized carbons (Fsp3) is 0.389. The number of halogens is 2. The molecule has 140 valence electrons. The number of benzene rings is 1. The predicted molar refractivity (Wildman–Crippen MR) is 97.4 cm³/mol. The number of nitrogens with zero attached hydrogens (tertiary/aromatic N) is 1. The lowest BCUT2D eigenvalue weighted by Gasteiger charge is -2.29. The van der Waals surface area contributed by atoms with E-state index in [1.54, 1.807) is 6.20 Å². The summed E-state index contributed by atoms with van der Waals surface area (Å²) in [5, 5.41) is -0.212. The summed E-state index contributed by atoms with van der Waals surface area (Å²) in [7, 11) is -3.73. The summed E-state index contributed by atoms with van der Waals surface area (Å²) in [6.45, 7) is 1.96. The molecule has 1 aromatic carbocycles. The minimum atomic E-state index is -3.73. The summed E-state index contributed by atoms with van der Waals surface area (Å²) in [6, 6.07) is 6.97. The lowest BCUT2D eigenvalue weighted by atomic mass is 9.94. The Morgan fingerprint density at radius 3 is 2.54 bits per heavy atom. The molecule has 1 saturated carbocycles. The van der Waals surface area contributed by atoms with E-state index in [-0.39, 0.29) is 22.1 Å². The van der Waals surface area contributed by atoms with Crippen molar-refractivity contribution in [2.75, 3.05) is 0 Å². The molecule has 2 aromatic rings. The van der Waals surface area contributed by atoms with Gasteiger partial charge in [-0.2, -0.15) is 0 Å². The van der Waals surface area contributed by atoms with Crippen LogP contribution in [0.25, 0.3) is 0 Å². The summed E-state index contributed by atoms with van der Waals surface area (Å²) < 4.78 is 46.6. The molecule has 0 saturated heterocycles. The molecule has 0 atom stereocenters. The summed E-state index contributed by atoms with van der Waals surface area (Å²) in [5.41, 5.74) is 1.07. The average Bonchev–Trinajstić information content (AvgIpc) is 2.61. The summed E-state index contributed by atoms with van der Waals surface area (Å²) in [5.74, 6) is -0.0615. The van der Waals surface area contributed by atoms with E-state index in [9.17, 15) is 12.8 Å². The van der Waals surface area contributed by atoms with Crippen molar-refractivity contribution >= 4 is 21.6 Å². The second-order valence-electron chi connectivity index (χ2n) is 6.46. The first-order valence-corrected chi connectivity index (χ1v) is 10.3. The van der Waals surface area contributed by atoms with Crippen LogP contribution in [-0.4, -0.2) is 25.5 Å². The first-order valence-electron chi connectivity index (χ1n) is 8.40. The van der Waals surface area contributed by atoms with E-state index in [1.165, 1.54) is 6.07 Å². The van der Waals surface area contributed by atoms with Crippen molar-refractivity contribution in [2.45, 2.75) is 49.6 Å². The minimum absolute atomic E-state index is 0.0197. The Morgan fingerprint density at radius 2 is 1.92 bits per heavy atom. The largest absolute Gasteiger partial charge is 0.474 e. The van der Waals surface area contributed by atoms with Gasteiger partial charge < -0.3 is 4.74 Å². The third-order valence-electron chi connectivity index (χ3n) is 4.37. The van der Waals surface area contributed by atoms with Crippen molar-refractivity contribution in [2.24, 2.45) is 0 Å². The number of rotatable bonds is 5. The normalized spacial score (nSPS) is 20.7. The number of aromatic nitrogens is 1. The predicted octanol–water partition coefficient (Wildman–Crippen LogP) is 3.85. The quantitative estimate of drug-likeness (QED) is 0.830. The van der Waals surface area contributed by atoms with Crippen LogP contribution in [0.5, 0.6) is 5.88 Å². The first-order chi connectivity index (χ1) is 12.3. The minimum Gasteiger partial charge on any atom is -0.474 e. The molecule has 0 bridgehead atoms. The Kier molecular flexibility index (Phi) is 5.79. The Bertz CT molecular complexity index is 867. The molecule has 1 N–H and O–H groups in total. The third kappa shape index (κ3) is 4.72. The number of pyridine rings is 1. The van der Waals surface area contributed by atoms with Crippen molar-refractivity contribution in [1.82, 2.24) is 9.71 Å². The molecule has 1 aliphatic rings. The van der Waals surface area contributed by atoms with E-state index in [1.807, 2.05) is 19.1 Å². The SMILES string of the molecule is Cc1ccc(OC2CCC(NS(=O)(=O)c3ccc(F)c(Cl)c3)CC2)nc1. The standard InChI is InChI=1S/C18H20ClFN2O3S/c1-12-2-9-18(21-11-12)25-14-5-3-13(4-6-14)22-26(23,24)15-7-8-17(20)16(19)10-15/h2,7-11,13-14,22H,3-6H2,1H3. The van der Waals surface area contributed by atoms with Gasteiger partial charge in [0.15, 0.2) is 0 Å². The molecule has 0 unspecified atom stereocenters. The van der Waals surface area contributed by atoms with E-state index in [0.29, 0.717) is 18.7 Å². The van der Waals surface area contributed by atoms with E-state index < -0.39 is 15.8 Å². The lowest BCUT2D eigenvalue weighted by Crippen LogP contribution is -2.39. The van der Waals surface area contributed by atoms with Crippen molar-refractivity contribution < 1.29 is 17.5 Å². The monoisotopic (exact) mass is 398 g/mol. The van der Waals surface area contributed by atoms with Gasteiger partial charge in [-0.15, -0.1) is 0 Å². The molecular formula is C18H20ClFN2O3S. The Morgan fingerprint density at radius 1 is 1.19 bits per heavy atom. The molecule has 1 aromatic heterocycles. The molecule has 5 nitrogen and oxygen atoms in total. The Balaban J connectivity index is 1.56. The zero-order valence-corrected chi connectivity index (χ0v) is 15.9. The highest BCUT2D eigenvalue weighted by Crippen LogP contribution is 2.25. The van der Waals surface area contributed by atoms with Crippen LogP contribution in [0.3, 0.4) is 0 Å². The number of nitrogens with one attached hydrogen (secondary N) is 1. The van der Waals surface area contributed by atoms with Crippen LogP contribution in [0, 0.1) is 12.7 Å². The van der Waals surface area contributed by atoms with Gasteiger partial charge in [-0.25, -0.2) is 22.5 Å². The number of sulfonamides is 1. The molecule has 1 aliphatic carbocycles. The molecule has 0 aliphatic heterocycles. The second kappa shape index (κ2) is 7.90. The van der Waals surface area contributed by atoms with Gasteiger partial charge in [-0.1, -0.05) is 17.7 Å². The van der Waals surface area contributed by atoms with Crippen LogP contribution in [0.4, 0.5) is 4.39 Å². The maximum Gasteiger partial charge on any atom is 0.240 e. The summed E-state index contributed by atoms with van der Waals surface area (Å²) >= 11 is 5.68. The highest BCUT2D eigenvalue weighted by atomic mass is 35.5. The maximum absolute atomic E-state index is 13.2. The van der Waals surface area contributed by atoms with Gasteiger partial charge >= 0.3 is 0 Å². The van der Waals surface area contributed by atoms with Crippen molar-refractivity contribution in [3.8, 4) is 5.88 Å². The summed E-state index contributed by atoms with van der Waals surface area (Å²) in [4.78, 5) is 4.19. The van der Waals surface area contributed by atoms with Crippen LogP contribution < -0.4 is 9.46 Å². The second-order valence-corrected chi connectivity index (χ2v) is 8.58. The molecule has 26 heavy (non-hydrogen) atoms. The van der Waals surface area contributed by atoms with Gasteiger partial charge in [0.2, 0.25) is 15.9 Å². The summed E-state index contributed by atoms with van der Waals surface area (Å²) in [6.07, 6.45) is 4.55. The first kappa shape index (κ1) is 19.1. The zero-order chi connectivity index (χ0) is 18.7. The molecule has 1 heterocycles. The molecule has 1 fully saturated rings. The Labute approximate surface area is 157 Å². The number of hydrogen-bond donors (Lipinski definition) is 1. The van der Waals surface area contributed by atoms with Crippen LogP contribution in [-0.2, 0) is 10.0 Å². The van der Waals surface area contributed by atoms with Gasteiger partial charge in [-0.05, 0) is 56.4 Å². The fourth-order valence-corrected chi connectivity index (χ4v) is 4.50. The number of ether oxygens (including phenoxy) is 1. The van der Waals surface area contributed by atoms with Gasteiger partial charge in [0.05, 0.1) is 9.92 Å².